The molecule has 1 N–H and O–H groups in total. The molecular formula is C10H10F3NO2. The first-order valence-electron chi connectivity index (χ1n) is 4.41. The summed E-state index contributed by atoms with van der Waals surface area (Å²) in [4.78, 5) is 11.2. The van der Waals surface area contributed by atoms with Crippen LogP contribution < -0.4 is 10.1 Å². The van der Waals surface area contributed by atoms with E-state index in [1.54, 1.807) is 5.32 Å². The fourth-order valence-corrected chi connectivity index (χ4v) is 1.02. The maximum atomic E-state index is 11.8. The number of alkyl halides is 3. The Balaban J connectivity index is 2.59. The van der Waals surface area contributed by atoms with E-state index in [0.717, 1.165) is 0 Å². The quantitative estimate of drug-likeness (QED) is 0.866. The Bertz CT molecular complexity index is 359. The Kier molecular flexibility index (Phi) is 3.76. The van der Waals surface area contributed by atoms with Gasteiger partial charge in [-0.15, -0.1) is 0 Å². The van der Waals surface area contributed by atoms with Gasteiger partial charge in [-0.3, -0.25) is 4.79 Å². The van der Waals surface area contributed by atoms with Gasteiger partial charge in [0.05, 0.1) is 7.11 Å². The van der Waals surface area contributed by atoms with Crippen LogP contribution in [0.1, 0.15) is 10.4 Å². The SMILES string of the molecule is COc1ccc(C(=O)NCC(F)(F)F)cc1. The van der Waals surface area contributed by atoms with Crippen molar-refractivity contribution in [1.82, 2.24) is 5.32 Å². The summed E-state index contributed by atoms with van der Waals surface area (Å²) in [7, 11) is 1.46. The number of carbonyl (C=O) groups excluding carboxylic acids is 1. The number of amides is 1. The van der Waals surface area contributed by atoms with E-state index < -0.39 is 18.6 Å². The fourth-order valence-electron chi connectivity index (χ4n) is 1.02. The van der Waals surface area contributed by atoms with Crippen molar-refractivity contribution in [3.05, 3.63) is 29.8 Å². The fraction of sp³-hybridized carbons (Fsp3) is 0.300. The average Bonchev–Trinajstić information content (AvgIpc) is 2.25. The van der Waals surface area contributed by atoms with E-state index in [9.17, 15) is 18.0 Å². The summed E-state index contributed by atoms with van der Waals surface area (Å²) in [6.07, 6.45) is -4.40. The zero-order chi connectivity index (χ0) is 12.2. The number of hydrogen-bond donors (Lipinski definition) is 1. The smallest absolute Gasteiger partial charge is 0.405 e. The standard InChI is InChI=1S/C10H10F3NO2/c1-16-8-4-2-7(3-5-8)9(15)14-6-10(11,12)13/h2-5H,6H2,1H3,(H,14,15). The third-order valence-electron chi connectivity index (χ3n) is 1.80. The molecule has 0 heterocycles. The number of halogens is 3. The van der Waals surface area contributed by atoms with Crippen LogP contribution in [0.4, 0.5) is 13.2 Å². The van der Waals surface area contributed by atoms with E-state index in [0.29, 0.717) is 5.75 Å². The molecule has 3 nitrogen and oxygen atoms in total. The predicted octanol–water partition coefficient (Wildman–Crippen LogP) is 1.99. The molecule has 0 unspecified atom stereocenters. The van der Waals surface area contributed by atoms with Gasteiger partial charge in [-0.1, -0.05) is 0 Å². The Labute approximate surface area is 90.2 Å². The Morgan fingerprint density at radius 1 is 1.31 bits per heavy atom. The second-order valence-corrected chi connectivity index (χ2v) is 3.03. The third kappa shape index (κ3) is 3.80. The summed E-state index contributed by atoms with van der Waals surface area (Å²) < 4.78 is 40.3. The second kappa shape index (κ2) is 4.87. The maximum Gasteiger partial charge on any atom is 0.405 e. The molecule has 1 aromatic rings. The minimum atomic E-state index is -4.40. The van der Waals surface area contributed by atoms with Gasteiger partial charge in [0.2, 0.25) is 0 Å². The summed E-state index contributed by atoms with van der Waals surface area (Å²) in [6.45, 7) is -1.34. The van der Waals surface area contributed by atoms with Crippen molar-refractivity contribution in [1.29, 1.82) is 0 Å². The van der Waals surface area contributed by atoms with Gasteiger partial charge in [-0.05, 0) is 24.3 Å². The van der Waals surface area contributed by atoms with Gasteiger partial charge in [0.25, 0.3) is 5.91 Å². The van der Waals surface area contributed by atoms with Crippen molar-refractivity contribution in [2.24, 2.45) is 0 Å². The summed E-state index contributed by atoms with van der Waals surface area (Å²) in [5.74, 6) is -0.229. The van der Waals surface area contributed by atoms with Gasteiger partial charge in [-0.2, -0.15) is 13.2 Å². The monoisotopic (exact) mass is 233 g/mol. The molecule has 0 aliphatic heterocycles. The van der Waals surface area contributed by atoms with Crippen LogP contribution in [-0.4, -0.2) is 25.7 Å². The molecule has 0 aromatic heterocycles. The summed E-state index contributed by atoms with van der Waals surface area (Å²) in [5, 5.41) is 1.77. The van der Waals surface area contributed by atoms with Crippen molar-refractivity contribution >= 4 is 5.91 Å². The highest BCUT2D eigenvalue weighted by atomic mass is 19.4. The molecule has 6 heteroatoms. The number of benzene rings is 1. The zero-order valence-corrected chi connectivity index (χ0v) is 8.47. The minimum absolute atomic E-state index is 0.157. The number of rotatable bonds is 3. The van der Waals surface area contributed by atoms with E-state index in [-0.39, 0.29) is 5.56 Å². The molecule has 0 spiro atoms. The van der Waals surface area contributed by atoms with Gasteiger partial charge in [-0.25, -0.2) is 0 Å². The lowest BCUT2D eigenvalue weighted by Crippen LogP contribution is -2.33. The zero-order valence-electron chi connectivity index (χ0n) is 8.47. The molecule has 0 aliphatic rings. The Hall–Kier alpha value is -1.72. The molecule has 0 atom stereocenters. The highest BCUT2D eigenvalue weighted by Crippen LogP contribution is 2.14. The first-order valence-corrected chi connectivity index (χ1v) is 4.41. The highest BCUT2D eigenvalue weighted by molar-refractivity contribution is 5.94. The lowest BCUT2D eigenvalue weighted by atomic mass is 10.2. The van der Waals surface area contributed by atoms with Crippen LogP contribution in [0.5, 0.6) is 5.75 Å². The Morgan fingerprint density at radius 3 is 2.31 bits per heavy atom. The van der Waals surface area contributed by atoms with Crippen molar-refractivity contribution in [3.63, 3.8) is 0 Å². The van der Waals surface area contributed by atoms with Crippen LogP contribution in [0.15, 0.2) is 24.3 Å². The molecule has 0 aliphatic carbocycles. The lowest BCUT2D eigenvalue weighted by Gasteiger charge is -2.08. The van der Waals surface area contributed by atoms with E-state index in [1.807, 2.05) is 0 Å². The molecular weight excluding hydrogens is 223 g/mol. The van der Waals surface area contributed by atoms with Gasteiger partial charge in [0, 0.05) is 5.56 Å². The maximum absolute atomic E-state index is 11.8. The largest absolute Gasteiger partial charge is 0.497 e. The summed E-state index contributed by atoms with van der Waals surface area (Å²) >= 11 is 0. The summed E-state index contributed by atoms with van der Waals surface area (Å²) in [6, 6.07) is 5.79. The number of hydrogen-bond acceptors (Lipinski definition) is 2. The normalized spacial score (nSPS) is 11.0. The van der Waals surface area contributed by atoms with Crippen LogP contribution in [0, 0.1) is 0 Å². The average molecular weight is 233 g/mol. The topological polar surface area (TPSA) is 38.3 Å². The molecule has 1 rings (SSSR count). The molecule has 0 fully saturated rings. The van der Waals surface area contributed by atoms with Crippen LogP contribution in [0.3, 0.4) is 0 Å². The first-order chi connectivity index (χ1) is 7.42. The third-order valence-corrected chi connectivity index (χ3v) is 1.80. The van der Waals surface area contributed by atoms with E-state index in [2.05, 4.69) is 0 Å². The molecule has 1 aromatic carbocycles. The van der Waals surface area contributed by atoms with Crippen LogP contribution in [-0.2, 0) is 0 Å². The minimum Gasteiger partial charge on any atom is -0.497 e. The molecule has 0 bridgehead atoms. The summed E-state index contributed by atoms with van der Waals surface area (Å²) in [5.41, 5.74) is 0.157. The predicted molar refractivity (Wildman–Crippen MR) is 51.4 cm³/mol. The van der Waals surface area contributed by atoms with Gasteiger partial charge in [0.1, 0.15) is 12.3 Å². The van der Waals surface area contributed by atoms with Gasteiger partial charge < -0.3 is 10.1 Å². The van der Waals surface area contributed by atoms with Gasteiger partial charge >= 0.3 is 6.18 Å². The molecule has 16 heavy (non-hydrogen) atoms. The van der Waals surface area contributed by atoms with Crippen LogP contribution >= 0.6 is 0 Å². The molecule has 0 radical (unpaired) electrons. The Morgan fingerprint density at radius 2 is 1.88 bits per heavy atom. The molecule has 0 saturated heterocycles. The molecule has 1 amide bonds. The highest BCUT2D eigenvalue weighted by Gasteiger charge is 2.27. The molecule has 0 saturated carbocycles. The first kappa shape index (κ1) is 12.4. The van der Waals surface area contributed by atoms with E-state index >= 15 is 0 Å². The van der Waals surface area contributed by atoms with Crippen molar-refractivity contribution in [2.75, 3.05) is 13.7 Å². The van der Waals surface area contributed by atoms with E-state index in [4.69, 9.17) is 4.74 Å². The number of methoxy groups -OCH3 is 1. The van der Waals surface area contributed by atoms with Crippen LogP contribution in [0.2, 0.25) is 0 Å². The molecule has 88 valence electrons. The van der Waals surface area contributed by atoms with Crippen molar-refractivity contribution in [2.45, 2.75) is 6.18 Å². The number of carbonyl (C=O) groups is 1. The van der Waals surface area contributed by atoms with Crippen molar-refractivity contribution < 1.29 is 22.7 Å². The van der Waals surface area contributed by atoms with Crippen molar-refractivity contribution in [3.8, 4) is 5.75 Å². The van der Waals surface area contributed by atoms with E-state index in [1.165, 1.54) is 31.4 Å². The van der Waals surface area contributed by atoms with Crippen LogP contribution in [0.25, 0.3) is 0 Å². The second-order valence-electron chi connectivity index (χ2n) is 3.03. The number of nitrogens with one attached hydrogen (secondary N) is 1. The number of ether oxygens (including phenoxy) is 1. The lowest BCUT2D eigenvalue weighted by molar-refractivity contribution is -0.123. The van der Waals surface area contributed by atoms with Gasteiger partial charge in [0.15, 0.2) is 0 Å².